The second-order valence-electron chi connectivity index (χ2n) is 6.49. The summed E-state index contributed by atoms with van der Waals surface area (Å²) in [6, 6.07) is 10.9. The number of hydrogen-bond acceptors (Lipinski definition) is 5. The first-order chi connectivity index (χ1) is 13.1. The van der Waals surface area contributed by atoms with Gasteiger partial charge in [-0.2, -0.15) is 0 Å². The number of anilines is 2. The van der Waals surface area contributed by atoms with Crippen molar-refractivity contribution in [1.82, 2.24) is 0 Å². The standard InChI is InChI=1S/C20H20N2O5/c1-12-20(24)22-15-11-14(4-6-16(15)27-12)21-19(23)7-3-13-2-5-17-18(10-13)26-9-8-25-17/h2,4-6,10-12H,3,7-9H2,1H3,(H,21,23)(H,22,24). The van der Waals surface area contributed by atoms with Crippen LogP contribution in [0.1, 0.15) is 18.9 Å². The van der Waals surface area contributed by atoms with E-state index < -0.39 is 6.10 Å². The van der Waals surface area contributed by atoms with E-state index in [1.807, 2.05) is 18.2 Å². The Morgan fingerprint density at radius 3 is 2.74 bits per heavy atom. The Kier molecular flexibility index (Phi) is 4.58. The maximum Gasteiger partial charge on any atom is 0.265 e. The highest BCUT2D eigenvalue weighted by Gasteiger charge is 2.23. The average molecular weight is 368 g/mol. The van der Waals surface area contributed by atoms with E-state index in [-0.39, 0.29) is 11.8 Å². The molecule has 0 spiro atoms. The molecule has 7 heteroatoms. The van der Waals surface area contributed by atoms with Crippen LogP contribution in [0.25, 0.3) is 0 Å². The van der Waals surface area contributed by atoms with Crippen LogP contribution in [0.3, 0.4) is 0 Å². The first-order valence-electron chi connectivity index (χ1n) is 8.88. The predicted molar refractivity (Wildman–Crippen MR) is 99.5 cm³/mol. The predicted octanol–water partition coefficient (Wildman–Crippen LogP) is 2.75. The number of fused-ring (bicyclic) bond motifs is 2. The Morgan fingerprint density at radius 1 is 1.11 bits per heavy atom. The first kappa shape index (κ1) is 17.2. The molecule has 2 aromatic carbocycles. The monoisotopic (exact) mass is 368 g/mol. The molecule has 0 aromatic heterocycles. The molecule has 2 aliphatic rings. The summed E-state index contributed by atoms with van der Waals surface area (Å²) in [7, 11) is 0. The van der Waals surface area contributed by atoms with Crippen LogP contribution in [0.4, 0.5) is 11.4 Å². The smallest absolute Gasteiger partial charge is 0.265 e. The van der Waals surface area contributed by atoms with E-state index >= 15 is 0 Å². The van der Waals surface area contributed by atoms with Crippen molar-refractivity contribution in [2.45, 2.75) is 25.9 Å². The highest BCUT2D eigenvalue weighted by atomic mass is 16.6. The van der Waals surface area contributed by atoms with Gasteiger partial charge in [-0.1, -0.05) is 6.07 Å². The van der Waals surface area contributed by atoms with Crippen molar-refractivity contribution in [2.75, 3.05) is 23.8 Å². The van der Waals surface area contributed by atoms with Crippen molar-refractivity contribution in [1.29, 1.82) is 0 Å². The van der Waals surface area contributed by atoms with Crippen LogP contribution in [-0.4, -0.2) is 31.1 Å². The van der Waals surface area contributed by atoms with Crippen LogP contribution in [0.2, 0.25) is 0 Å². The zero-order valence-electron chi connectivity index (χ0n) is 14.9. The Morgan fingerprint density at radius 2 is 1.89 bits per heavy atom. The van der Waals surface area contributed by atoms with E-state index in [0.717, 1.165) is 17.1 Å². The fraction of sp³-hybridized carbons (Fsp3) is 0.300. The van der Waals surface area contributed by atoms with E-state index in [1.54, 1.807) is 25.1 Å². The lowest BCUT2D eigenvalue weighted by Crippen LogP contribution is -2.34. The molecule has 2 aliphatic heterocycles. The molecule has 2 heterocycles. The number of nitrogens with one attached hydrogen (secondary N) is 2. The lowest BCUT2D eigenvalue weighted by Gasteiger charge is -2.23. The summed E-state index contributed by atoms with van der Waals surface area (Å²) in [6.45, 7) is 2.78. The maximum atomic E-state index is 12.3. The highest BCUT2D eigenvalue weighted by Crippen LogP contribution is 2.33. The number of carbonyl (C=O) groups is 2. The van der Waals surface area contributed by atoms with Gasteiger partial charge in [-0.15, -0.1) is 0 Å². The molecule has 0 fully saturated rings. The third kappa shape index (κ3) is 3.81. The van der Waals surface area contributed by atoms with Crippen LogP contribution >= 0.6 is 0 Å². The summed E-state index contributed by atoms with van der Waals surface area (Å²) >= 11 is 0. The van der Waals surface area contributed by atoms with Gasteiger partial charge >= 0.3 is 0 Å². The molecular weight excluding hydrogens is 348 g/mol. The van der Waals surface area contributed by atoms with Gasteiger partial charge in [-0.05, 0) is 49.2 Å². The number of hydrogen-bond donors (Lipinski definition) is 2. The Hall–Kier alpha value is -3.22. The lowest BCUT2D eigenvalue weighted by molar-refractivity contribution is -0.122. The van der Waals surface area contributed by atoms with Crippen LogP contribution in [0.5, 0.6) is 17.2 Å². The molecule has 2 amide bonds. The minimum Gasteiger partial charge on any atom is -0.486 e. The molecule has 2 N–H and O–H groups in total. The average Bonchev–Trinajstić information content (AvgIpc) is 2.67. The van der Waals surface area contributed by atoms with Crippen LogP contribution in [-0.2, 0) is 16.0 Å². The summed E-state index contributed by atoms with van der Waals surface area (Å²) in [4.78, 5) is 24.0. The van der Waals surface area contributed by atoms with E-state index in [2.05, 4.69) is 10.6 Å². The minimum absolute atomic E-state index is 0.110. The van der Waals surface area contributed by atoms with Crippen molar-refractivity contribution in [3.05, 3.63) is 42.0 Å². The topological polar surface area (TPSA) is 85.9 Å². The SMILES string of the molecule is CC1Oc2ccc(NC(=O)CCc3ccc4c(c3)OCCO4)cc2NC1=O. The quantitative estimate of drug-likeness (QED) is 0.867. The van der Waals surface area contributed by atoms with E-state index in [4.69, 9.17) is 14.2 Å². The molecule has 7 nitrogen and oxygen atoms in total. The highest BCUT2D eigenvalue weighted by molar-refractivity contribution is 5.99. The number of carbonyl (C=O) groups excluding carboxylic acids is 2. The number of amides is 2. The summed E-state index contributed by atoms with van der Waals surface area (Å²) in [5, 5.41) is 5.62. The summed E-state index contributed by atoms with van der Waals surface area (Å²) < 4.78 is 16.6. The van der Waals surface area contributed by atoms with Crippen LogP contribution in [0.15, 0.2) is 36.4 Å². The molecule has 0 radical (unpaired) electrons. The minimum atomic E-state index is -0.524. The van der Waals surface area contributed by atoms with Gasteiger partial charge in [0.25, 0.3) is 5.91 Å². The Bertz CT molecular complexity index is 896. The molecule has 0 saturated carbocycles. The molecule has 0 bridgehead atoms. The van der Waals surface area contributed by atoms with E-state index in [9.17, 15) is 9.59 Å². The Balaban J connectivity index is 1.36. The third-order valence-corrected chi connectivity index (χ3v) is 4.44. The van der Waals surface area contributed by atoms with E-state index in [0.29, 0.717) is 43.2 Å². The summed E-state index contributed by atoms with van der Waals surface area (Å²) in [5.74, 6) is 1.74. The molecule has 0 aliphatic carbocycles. The van der Waals surface area contributed by atoms with Gasteiger partial charge in [-0.25, -0.2) is 0 Å². The maximum absolute atomic E-state index is 12.3. The second kappa shape index (κ2) is 7.19. The molecule has 1 atom stereocenters. The number of ether oxygens (including phenoxy) is 3. The van der Waals surface area contributed by atoms with Crippen LogP contribution in [0, 0.1) is 0 Å². The zero-order chi connectivity index (χ0) is 18.8. The van der Waals surface area contributed by atoms with Crippen LogP contribution < -0.4 is 24.8 Å². The first-order valence-corrected chi connectivity index (χ1v) is 8.88. The molecule has 140 valence electrons. The van der Waals surface area contributed by atoms with Gasteiger partial charge in [0.15, 0.2) is 17.6 Å². The molecule has 1 unspecified atom stereocenters. The molecule has 27 heavy (non-hydrogen) atoms. The number of aryl methyl sites for hydroxylation is 1. The largest absolute Gasteiger partial charge is 0.486 e. The van der Waals surface area contributed by atoms with Gasteiger partial charge in [0, 0.05) is 12.1 Å². The van der Waals surface area contributed by atoms with Gasteiger partial charge in [0.05, 0.1) is 5.69 Å². The fourth-order valence-corrected chi connectivity index (χ4v) is 3.01. The lowest BCUT2D eigenvalue weighted by atomic mass is 10.1. The molecule has 0 saturated heterocycles. The molecule has 4 rings (SSSR count). The zero-order valence-corrected chi connectivity index (χ0v) is 14.9. The van der Waals surface area contributed by atoms with Gasteiger partial charge in [-0.3, -0.25) is 9.59 Å². The number of rotatable bonds is 4. The van der Waals surface area contributed by atoms with Crippen molar-refractivity contribution in [3.63, 3.8) is 0 Å². The normalized spacial score (nSPS) is 17.4. The van der Waals surface area contributed by atoms with Gasteiger partial charge < -0.3 is 24.8 Å². The number of benzene rings is 2. The van der Waals surface area contributed by atoms with E-state index in [1.165, 1.54) is 0 Å². The fourth-order valence-electron chi connectivity index (χ4n) is 3.01. The molecule has 2 aromatic rings. The second-order valence-corrected chi connectivity index (χ2v) is 6.49. The van der Waals surface area contributed by atoms with Crippen molar-refractivity contribution >= 4 is 23.2 Å². The Labute approximate surface area is 156 Å². The van der Waals surface area contributed by atoms with Crippen molar-refractivity contribution in [3.8, 4) is 17.2 Å². The third-order valence-electron chi connectivity index (χ3n) is 4.44. The van der Waals surface area contributed by atoms with Crippen molar-refractivity contribution in [2.24, 2.45) is 0 Å². The van der Waals surface area contributed by atoms with Gasteiger partial charge in [0.2, 0.25) is 5.91 Å². The van der Waals surface area contributed by atoms with Crippen molar-refractivity contribution < 1.29 is 23.8 Å². The van der Waals surface area contributed by atoms with Gasteiger partial charge in [0.1, 0.15) is 19.0 Å². The summed E-state index contributed by atoms with van der Waals surface area (Å²) in [5.41, 5.74) is 2.18. The molecular formula is C20H20N2O5. The summed E-state index contributed by atoms with van der Waals surface area (Å²) in [6.07, 6.45) is 0.394.